The first-order valence-electron chi connectivity index (χ1n) is 7.98. The fourth-order valence-electron chi connectivity index (χ4n) is 2.76. The van der Waals surface area contributed by atoms with Gasteiger partial charge in [-0.25, -0.2) is 18.7 Å². The third kappa shape index (κ3) is 4.04. The van der Waals surface area contributed by atoms with Crippen LogP contribution in [0.3, 0.4) is 0 Å². The van der Waals surface area contributed by atoms with E-state index in [1.165, 1.54) is 37.6 Å². The number of anilines is 2. The highest BCUT2D eigenvalue weighted by Gasteiger charge is 2.16. The van der Waals surface area contributed by atoms with Gasteiger partial charge in [0.05, 0.1) is 5.69 Å². The topological polar surface area (TPSA) is 66.9 Å². The lowest BCUT2D eigenvalue weighted by Crippen LogP contribution is -2.24. The molecule has 1 amide bonds. The van der Waals surface area contributed by atoms with Crippen LogP contribution in [-0.4, -0.2) is 21.9 Å². The SMILES string of the molecule is O=C(Nc1ccc(F)cc1F)c1ccnc(NC2CCCCC2)n1. The van der Waals surface area contributed by atoms with Crippen molar-refractivity contribution in [1.82, 2.24) is 9.97 Å². The van der Waals surface area contributed by atoms with Gasteiger partial charge in [-0.05, 0) is 31.0 Å². The molecular formula is C17H18F2N4O. The summed E-state index contributed by atoms with van der Waals surface area (Å²) in [5.74, 6) is -1.73. The van der Waals surface area contributed by atoms with Gasteiger partial charge in [-0.1, -0.05) is 19.3 Å². The van der Waals surface area contributed by atoms with Crippen molar-refractivity contribution in [3.63, 3.8) is 0 Å². The van der Waals surface area contributed by atoms with Crippen LogP contribution in [0, 0.1) is 11.6 Å². The molecule has 1 aromatic carbocycles. The quantitative estimate of drug-likeness (QED) is 0.895. The summed E-state index contributed by atoms with van der Waals surface area (Å²) in [7, 11) is 0. The zero-order valence-corrected chi connectivity index (χ0v) is 13.1. The average molecular weight is 332 g/mol. The predicted octanol–water partition coefficient (Wildman–Crippen LogP) is 3.75. The largest absolute Gasteiger partial charge is 0.351 e. The summed E-state index contributed by atoms with van der Waals surface area (Å²) in [6, 6.07) is 4.72. The van der Waals surface area contributed by atoms with E-state index < -0.39 is 17.5 Å². The number of benzene rings is 1. The Labute approximate surface area is 138 Å². The van der Waals surface area contributed by atoms with Crippen LogP contribution in [0.1, 0.15) is 42.6 Å². The molecule has 126 valence electrons. The van der Waals surface area contributed by atoms with E-state index in [2.05, 4.69) is 20.6 Å². The van der Waals surface area contributed by atoms with E-state index in [-0.39, 0.29) is 11.4 Å². The standard InChI is InChI=1S/C17H18F2N4O/c18-11-6-7-14(13(19)10-11)22-16(24)15-8-9-20-17(23-15)21-12-4-2-1-3-5-12/h6-10,12H,1-5H2,(H,22,24)(H,20,21,23). The molecule has 1 aromatic heterocycles. The molecule has 7 heteroatoms. The van der Waals surface area contributed by atoms with Crippen LogP contribution in [0.25, 0.3) is 0 Å². The Kier molecular flexibility index (Phi) is 4.98. The molecule has 1 fully saturated rings. The van der Waals surface area contributed by atoms with Crippen LogP contribution in [0.5, 0.6) is 0 Å². The number of carbonyl (C=O) groups is 1. The van der Waals surface area contributed by atoms with Crippen molar-refractivity contribution in [2.45, 2.75) is 38.1 Å². The Bertz CT molecular complexity index is 732. The summed E-state index contributed by atoms with van der Waals surface area (Å²) in [5, 5.41) is 5.62. The van der Waals surface area contributed by atoms with Crippen LogP contribution >= 0.6 is 0 Å². The van der Waals surface area contributed by atoms with Gasteiger partial charge in [0.2, 0.25) is 5.95 Å². The van der Waals surface area contributed by atoms with Crippen LogP contribution in [-0.2, 0) is 0 Å². The number of carbonyl (C=O) groups excluding carboxylic acids is 1. The van der Waals surface area contributed by atoms with Gasteiger partial charge in [0, 0.05) is 18.3 Å². The second kappa shape index (κ2) is 7.33. The van der Waals surface area contributed by atoms with Crippen molar-refractivity contribution in [2.24, 2.45) is 0 Å². The van der Waals surface area contributed by atoms with E-state index >= 15 is 0 Å². The van der Waals surface area contributed by atoms with Crippen molar-refractivity contribution in [1.29, 1.82) is 0 Å². The van der Waals surface area contributed by atoms with Crippen LogP contribution in [0.4, 0.5) is 20.4 Å². The van der Waals surface area contributed by atoms with Gasteiger partial charge in [-0.2, -0.15) is 0 Å². The third-order valence-corrected chi connectivity index (χ3v) is 4.01. The number of hydrogen-bond acceptors (Lipinski definition) is 4. The minimum Gasteiger partial charge on any atom is -0.351 e. The molecule has 1 saturated carbocycles. The first kappa shape index (κ1) is 16.3. The molecule has 0 aliphatic heterocycles. The minimum absolute atomic E-state index is 0.0956. The fourth-order valence-corrected chi connectivity index (χ4v) is 2.76. The molecule has 24 heavy (non-hydrogen) atoms. The maximum absolute atomic E-state index is 13.6. The summed E-state index contributed by atoms with van der Waals surface area (Å²) in [4.78, 5) is 20.5. The molecule has 2 aromatic rings. The van der Waals surface area contributed by atoms with Gasteiger partial charge in [-0.15, -0.1) is 0 Å². The summed E-state index contributed by atoms with van der Waals surface area (Å²) < 4.78 is 26.5. The van der Waals surface area contributed by atoms with Crippen molar-refractivity contribution in [2.75, 3.05) is 10.6 Å². The molecule has 1 heterocycles. The van der Waals surface area contributed by atoms with E-state index in [0.29, 0.717) is 18.1 Å². The molecule has 2 N–H and O–H groups in total. The molecule has 1 aliphatic carbocycles. The Morgan fingerprint density at radius 2 is 1.92 bits per heavy atom. The van der Waals surface area contributed by atoms with Crippen molar-refractivity contribution in [3.05, 3.63) is 47.8 Å². The molecule has 0 radical (unpaired) electrons. The highest BCUT2D eigenvalue weighted by atomic mass is 19.1. The zero-order chi connectivity index (χ0) is 16.9. The predicted molar refractivity (Wildman–Crippen MR) is 86.8 cm³/mol. The fraction of sp³-hybridized carbons (Fsp3) is 0.353. The summed E-state index contributed by atoms with van der Waals surface area (Å²) in [6.07, 6.45) is 7.17. The van der Waals surface area contributed by atoms with E-state index in [1.54, 1.807) is 0 Å². The van der Waals surface area contributed by atoms with Crippen LogP contribution < -0.4 is 10.6 Å². The number of halogens is 2. The monoisotopic (exact) mass is 332 g/mol. The molecule has 5 nitrogen and oxygen atoms in total. The summed E-state index contributed by atoms with van der Waals surface area (Å²) in [6.45, 7) is 0. The third-order valence-electron chi connectivity index (χ3n) is 4.01. The molecule has 1 aliphatic rings. The van der Waals surface area contributed by atoms with Gasteiger partial charge >= 0.3 is 0 Å². The lowest BCUT2D eigenvalue weighted by atomic mass is 9.96. The molecule has 0 spiro atoms. The molecule has 0 bridgehead atoms. The minimum atomic E-state index is -0.835. The van der Waals surface area contributed by atoms with Gasteiger partial charge in [0.1, 0.15) is 17.3 Å². The zero-order valence-electron chi connectivity index (χ0n) is 13.1. The van der Waals surface area contributed by atoms with Crippen molar-refractivity contribution < 1.29 is 13.6 Å². The Balaban J connectivity index is 1.69. The Morgan fingerprint density at radius 1 is 1.12 bits per heavy atom. The summed E-state index contributed by atoms with van der Waals surface area (Å²) in [5.41, 5.74) is 0.0221. The number of nitrogens with zero attached hydrogens (tertiary/aromatic N) is 2. The Hall–Kier alpha value is -2.57. The van der Waals surface area contributed by atoms with Crippen LogP contribution in [0.2, 0.25) is 0 Å². The normalized spacial score (nSPS) is 15.1. The molecule has 0 atom stereocenters. The lowest BCUT2D eigenvalue weighted by Gasteiger charge is -2.22. The summed E-state index contributed by atoms with van der Waals surface area (Å²) >= 11 is 0. The number of aromatic nitrogens is 2. The van der Waals surface area contributed by atoms with E-state index in [1.807, 2.05) is 0 Å². The van der Waals surface area contributed by atoms with E-state index in [4.69, 9.17) is 0 Å². The maximum Gasteiger partial charge on any atom is 0.274 e. The maximum atomic E-state index is 13.6. The second-order valence-electron chi connectivity index (χ2n) is 5.82. The highest BCUT2D eigenvalue weighted by Crippen LogP contribution is 2.20. The first-order chi connectivity index (χ1) is 11.6. The molecule has 0 unspecified atom stereocenters. The van der Waals surface area contributed by atoms with Gasteiger partial charge in [-0.3, -0.25) is 4.79 Å². The Morgan fingerprint density at radius 3 is 2.67 bits per heavy atom. The lowest BCUT2D eigenvalue weighted by molar-refractivity contribution is 0.102. The highest BCUT2D eigenvalue weighted by molar-refractivity contribution is 6.03. The van der Waals surface area contributed by atoms with E-state index in [0.717, 1.165) is 18.9 Å². The van der Waals surface area contributed by atoms with Crippen molar-refractivity contribution in [3.8, 4) is 0 Å². The first-order valence-corrected chi connectivity index (χ1v) is 7.98. The molecular weight excluding hydrogens is 314 g/mol. The molecule has 3 rings (SSSR count). The number of rotatable bonds is 4. The number of nitrogens with one attached hydrogen (secondary N) is 2. The smallest absolute Gasteiger partial charge is 0.274 e. The average Bonchev–Trinajstić information content (AvgIpc) is 2.58. The number of hydrogen-bond donors (Lipinski definition) is 2. The van der Waals surface area contributed by atoms with Gasteiger partial charge in [0.25, 0.3) is 5.91 Å². The molecule has 0 saturated heterocycles. The van der Waals surface area contributed by atoms with Gasteiger partial charge in [0.15, 0.2) is 0 Å². The van der Waals surface area contributed by atoms with Crippen LogP contribution in [0.15, 0.2) is 30.5 Å². The van der Waals surface area contributed by atoms with Gasteiger partial charge < -0.3 is 10.6 Å². The second-order valence-corrected chi connectivity index (χ2v) is 5.82. The van der Waals surface area contributed by atoms with Crippen molar-refractivity contribution >= 4 is 17.5 Å². The van der Waals surface area contributed by atoms with E-state index in [9.17, 15) is 13.6 Å². The number of amides is 1.